The first-order valence-corrected chi connectivity index (χ1v) is 12.3. The minimum atomic E-state index is -0.705. The summed E-state index contributed by atoms with van der Waals surface area (Å²) in [6.07, 6.45) is 9.48. The lowest BCUT2D eigenvalue weighted by atomic mass is 10.1. The van der Waals surface area contributed by atoms with E-state index in [1.54, 1.807) is 6.20 Å². The number of hydrogen-bond donors (Lipinski definition) is 2. The first-order chi connectivity index (χ1) is 16.3. The monoisotopic (exact) mass is 473 g/mol. The average Bonchev–Trinajstić information content (AvgIpc) is 3.28. The third-order valence-electron chi connectivity index (χ3n) is 6.14. The highest BCUT2D eigenvalue weighted by Gasteiger charge is 2.16. The molecule has 0 atom stereocenters. The predicted octanol–water partition coefficient (Wildman–Crippen LogP) is 6.65. The molecule has 1 aromatic heterocycles. The zero-order valence-corrected chi connectivity index (χ0v) is 20.7. The van der Waals surface area contributed by atoms with E-state index in [1.807, 2.05) is 20.8 Å². The summed E-state index contributed by atoms with van der Waals surface area (Å²) in [6, 6.07) is 3.63. The summed E-state index contributed by atoms with van der Waals surface area (Å²) in [5.74, 6) is 0.815. The molecule has 6 nitrogen and oxygen atoms in total. The second kappa shape index (κ2) is 12.7. The Balaban J connectivity index is 0.000000469. The van der Waals surface area contributed by atoms with Crippen LogP contribution in [0.2, 0.25) is 0 Å². The molecule has 2 aromatic rings. The van der Waals surface area contributed by atoms with Crippen molar-refractivity contribution in [2.75, 3.05) is 23.8 Å². The second-order valence-electron chi connectivity index (χ2n) is 9.49. The zero-order chi connectivity index (χ0) is 24.5. The number of anilines is 2. The molecule has 1 saturated heterocycles. The minimum absolute atomic E-state index is 0.0103. The van der Waals surface area contributed by atoms with Crippen LogP contribution in [0.25, 0.3) is 0 Å². The highest BCUT2D eigenvalue weighted by Crippen LogP contribution is 2.23. The largest absolute Gasteiger partial charge is 0.381 e. The zero-order valence-electron chi connectivity index (χ0n) is 20.7. The molecule has 1 aliphatic carbocycles. The molecule has 0 amide bonds. The number of rotatable bonds is 5. The van der Waals surface area contributed by atoms with Gasteiger partial charge in [-0.1, -0.05) is 46.5 Å². The number of halogens is 2. The molecular weight excluding hydrogens is 436 g/mol. The van der Waals surface area contributed by atoms with Crippen molar-refractivity contribution in [1.29, 1.82) is 0 Å². The van der Waals surface area contributed by atoms with E-state index in [0.717, 1.165) is 43.7 Å². The Labute approximate surface area is 201 Å². The van der Waals surface area contributed by atoms with E-state index >= 15 is 0 Å². The van der Waals surface area contributed by atoms with Gasteiger partial charge in [-0.15, -0.1) is 0 Å². The van der Waals surface area contributed by atoms with Gasteiger partial charge in [-0.2, -0.15) is 0 Å². The Morgan fingerprint density at radius 1 is 1.12 bits per heavy atom. The average molecular weight is 474 g/mol. The first-order valence-electron chi connectivity index (χ1n) is 12.3. The molecule has 0 bridgehead atoms. The molecule has 0 spiro atoms. The van der Waals surface area contributed by atoms with Gasteiger partial charge in [0.25, 0.3) is 0 Å². The molecule has 1 aromatic carbocycles. The maximum absolute atomic E-state index is 14.0. The van der Waals surface area contributed by atoms with Crippen LogP contribution in [0.15, 0.2) is 29.4 Å². The lowest BCUT2D eigenvalue weighted by Crippen LogP contribution is -2.28. The number of amidine groups is 1. The summed E-state index contributed by atoms with van der Waals surface area (Å²) in [6.45, 7) is 9.56. The van der Waals surface area contributed by atoms with E-state index < -0.39 is 11.6 Å². The summed E-state index contributed by atoms with van der Waals surface area (Å²) in [4.78, 5) is 13.2. The first kappa shape index (κ1) is 26.0. The van der Waals surface area contributed by atoms with Crippen LogP contribution >= 0.6 is 0 Å². The number of benzene rings is 1. The predicted molar refractivity (Wildman–Crippen MR) is 134 cm³/mol. The van der Waals surface area contributed by atoms with Crippen molar-refractivity contribution in [3.63, 3.8) is 0 Å². The van der Waals surface area contributed by atoms with E-state index in [4.69, 9.17) is 4.74 Å². The lowest BCUT2D eigenvalue weighted by Gasteiger charge is -2.23. The van der Waals surface area contributed by atoms with Gasteiger partial charge in [0.15, 0.2) is 5.82 Å². The number of ether oxygens (including phenoxy) is 1. The summed E-state index contributed by atoms with van der Waals surface area (Å²) in [5.41, 5.74) is 1.51. The fourth-order valence-corrected chi connectivity index (χ4v) is 3.95. The van der Waals surface area contributed by atoms with Crippen LogP contribution in [0.1, 0.15) is 65.0 Å². The molecule has 1 aliphatic heterocycles. The smallest absolute Gasteiger partial charge is 0.223 e. The van der Waals surface area contributed by atoms with Gasteiger partial charge in [0.05, 0.1) is 17.6 Å². The summed E-state index contributed by atoms with van der Waals surface area (Å²) >= 11 is 0. The van der Waals surface area contributed by atoms with Gasteiger partial charge < -0.3 is 15.4 Å². The second-order valence-corrected chi connectivity index (χ2v) is 9.49. The molecule has 2 heterocycles. The SMILES string of the molecule is CC1CCCC1.Cc1nc(NC2CCOCC2)ncc1NC(=Nc1ccc(F)cc1F)C(C)C. The van der Waals surface area contributed by atoms with Crippen molar-refractivity contribution >= 4 is 23.2 Å². The van der Waals surface area contributed by atoms with E-state index in [1.165, 1.54) is 37.8 Å². The van der Waals surface area contributed by atoms with Crippen molar-refractivity contribution in [3.05, 3.63) is 41.7 Å². The number of aryl methyl sites for hydroxylation is 1. The van der Waals surface area contributed by atoms with Gasteiger partial charge in [-0.05, 0) is 37.8 Å². The van der Waals surface area contributed by atoms with Crippen LogP contribution in [-0.2, 0) is 4.74 Å². The summed E-state index contributed by atoms with van der Waals surface area (Å²) < 4.78 is 32.4. The molecule has 8 heteroatoms. The van der Waals surface area contributed by atoms with Gasteiger partial charge in [0.1, 0.15) is 17.3 Å². The van der Waals surface area contributed by atoms with Crippen LogP contribution in [0.3, 0.4) is 0 Å². The van der Waals surface area contributed by atoms with Crippen LogP contribution in [0.4, 0.5) is 26.1 Å². The number of hydrogen-bond acceptors (Lipinski definition) is 5. The Hall–Kier alpha value is -2.61. The molecule has 1 saturated carbocycles. The minimum Gasteiger partial charge on any atom is -0.381 e. The highest BCUT2D eigenvalue weighted by molar-refractivity contribution is 5.98. The van der Waals surface area contributed by atoms with E-state index in [9.17, 15) is 8.78 Å². The fraction of sp³-hybridized carbons (Fsp3) is 0.577. The molecule has 34 heavy (non-hydrogen) atoms. The molecule has 0 unspecified atom stereocenters. The molecule has 4 rings (SSSR count). The third-order valence-corrected chi connectivity index (χ3v) is 6.14. The molecule has 186 valence electrons. The Morgan fingerprint density at radius 2 is 1.82 bits per heavy atom. The van der Waals surface area contributed by atoms with E-state index in [2.05, 4.69) is 32.5 Å². The number of nitrogens with zero attached hydrogens (tertiary/aromatic N) is 3. The van der Waals surface area contributed by atoms with Crippen LogP contribution < -0.4 is 10.6 Å². The number of nitrogens with one attached hydrogen (secondary N) is 2. The Bertz CT molecular complexity index is 954. The maximum Gasteiger partial charge on any atom is 0.223 e. The number of aliphatic imine (C=N–C) groups is 1. The normalized spacial score (nSPS) is 17.4. The van der Waals surface area contributed by atoms with Gasteiger partial charge in [-0.3, -0.25) is 0 Å². The molecule has 0 radical (unpaired) electrons. The van der Waals surface area contributed by atoms with Crippen LogP contribution in [-0.4, -0.2) is 35.1 Å². The van der Waals surface area contributed by atoms with E-state index in [0.29, 0.717) is 23.5 Å². The van der Waals surface area contributed by atoms with E-state index in [-0.39, 0.29) is 11.6 Å². The molecule has 2 fully saturated rings. The summed E-state index contributed by atoms with van der Waals surface area (Å²) in [7, 11) is 0. The standard InChI is InChI=1S/C20H25F2N5O.C6H12/c1-12(2)19(26-17-5-4-14(21)10-16(17)22)27-18-11-23-20(24-13(18)3)25-15-6-8-28-9-7-15;1-6-4-2-3-5-6/h4-5,10-12,15H,6-9H2,1-3H3,(H,26,27)(H,23,24,25);6H,2-5H2,1H3. The molecular formula is C26H37F2N5O. The van der Waals surface area contributed by atoms with Crippen molar-refractivity contribution in [2.24, 2.45) is 16.8 Å². The Kier molecular flexibility index (Phi) is 9.74. The van der Waals surface area contributed by atoms with Gasteiger partial charge in [0, 0.05) is 31.2 Å². The Morgan fingerprint density at radius 3 is 2.38 bits per heavy atom. The summed E-state index contributed by atoms with van der Waals surface area (Å²) in [5, 5.41) is 6.52. The van der Waals surface area contributed by atoms with Gasteiger partial charge >= 0.3 is 0 Å². The molecule has 2 N–H and O–H groups in total. The van der Waals surface area contributed by atoms with Crippen LogP contribution in [0, 0.1) is 30.4 Å². The topological polar surface area (TPSA) is 71.4 Å². The van der Waals surface area contributed by atoms with Gasteiger partial charge in [0.2, 0.25) is 5.95 Å². The lowest BCUT2D eigenvalue weighted by molar-refractivity contribution is 0.0903. The van der Waals surface area contributed by atoms with Gasteiger partial charge in [-0.25, -0.2) is 23.7 Å². The number of aromatic nitrogens is 2. The molecule has 2 aliphatic rings. The third kappa shape index (κ3) is 8.01. The van der Waals surface area contributed by atoms with Crippen molar-refractivity contribution in [3.8, 4) is 0 Å². The van der Waals surface area contributed by atoms with Crippen molar-refractivity contribution < 1.29 is 13.5 Å². The fourth-order valence-electron chi connectivity index (χ4n) is 3.95. The quantitative estimate of drug-likeness (QED) is 0.376. The highest BCUT2D eigenvalue weighted by atomic mass is 19.1. The van der Waals surface area contributed by atoms with Crippen molar-refractivity contribution in [1.82, 2.24) is 9.97 Å². The maximum atomic E-state index is 14.0. The van der Waals surface area contributed by atoms with Crippen molar-refractivity contribution in [2.45, 2.75) is 72.3 Å². The van der Waals surface area contributed by atoms with Crippen LogP contribution in [0.5, 0.6) is 0 Å².